The van der Waals surface area contributed by atoms with Gasteiger partial charge in [-0.05, 0) is 38.4 Å². The van der Waals surface area contributed by atoms with E-state index in [1.165, 1.54) is 6.33 Å². The molecule has 1 aromatic carbocycles. The van der Waals surface area contributed by atoms with E-state index in [0.717, 1.165) is 17.2 Å². The van der Waals surface area contributed by atoms with Gasteiger partial charge in [-0.1, -0.05) is 36.4 Å². The van der Waals surface area contributed by atoms with E-state index in [0.29, 0.717) is 18.2 Å². The fourth-order valence-corrected chi connectivity index (χ4v) is 2.72. The molecule has 0 aliphatic carbocycles. The molecule has 4 N–H and O–H groups in total. The van der Waals surface area contributed by atoms with Crippen LogP contribution in [0.2, 0.25) is 0 Å². The summed E-state index contributed by atoms with van der Waals surface area (Å²) in [6.07, 6.45) is 5.52. The van der Waals surface area contributed by atoms with E-state index in [2.05, 4.69) is 31.6 Å². The van der Waals surface area contributed by atoms with Gasteiger partial charge < -0.3 is 16.4 Å². The molecule has 0 fully saturated rings. The van der Waals surface area contributed by atoms with Gasteiger partial charge in [-0.3, -0.25) is 4.90 Å². The molecule has 0 aliphatic rings. The number of rotatable bonds is 8. The maximum atomic E-state index is 5.60. The van der Waals surface area contributed by atoms with E-state index >= 15 is 0 Å². The number of pyridine rings is 1. The predicted molar refractivity (Wildman–Crippen MR) is 114 cm³/mol. The van der Waals surface area contributed by atoms with Crippen molar-refractivity contribution in [2.24, 2.45) is 5.73 Å². The van der Waals surface area contributed by atoms with Crippen LogP contribution in [0, 0.1) is 0 Å². The standard InChI is InChI=1S/C21H25N7/c1-28(2)18(11-7-13-22)17-10-6-12-19(26-17)27-21-14-20(23-15-24-21)25-16-8-4-3-5-9-16/h3-12,14-15,18H,13,22H2,1-2H3,(H2,23,24,25,26,27)/b11-7+. The van der Waals surface area contributed by atoms with Gasteiger partial charge in [0.15, 0.2) is 0 Å². The summed E-state index contributed by atoms with van der Waals surface area (Å²) in [6, 6.07) is 17.7. The maximum absolute atomic E-state index is 5.60. The molecule has 3 rings (SSSR count). The molecular formula is C21H25N7. The number of likely N-dealkylation sites (N-methyl/N-ethyl adjacent to an activating group) is 1. The van der Waals surface area contributed by atoms with Crippen LogP contribution in [0.3, 0.4) is 0 Å². The van der Waals surface area contributed by atoms with Gasteiger partial charge in [0.2, 0.25) is 0 Å². The van der Waals surface area contributed by atoms with Crippen LogP contribution in [0.5, 0.6) is 0 Å². The van der Waals surface area contributed by atoms with Crippen molar-refractivity contribution in [2.45, 2.75) is 6.04 Å². The number of nitrogens with one attached hydrogen (secondary N) is 2. The fourth-order valence-electron chi connectivity index (χ4n) is 2.72. The first-order valence-electron chi connectivity index (χ1n) is 9.07. The summed E-state index contributed by atoms with van der Waals surface area (Å²) in [5.41, 5.74) is 7.49. The molecule has 0 saturated carbocycles. The summed E-state index contributed by atoms with van der Waals surface area (Å²) in [6.45, 7) is 0.500. The normalized spacial score (nSPS) is 12.3. The summed E-state index contributed by atoms with van der Waals surface area (Å²) < 4.78 is 0. The van der Waals surface area contributed by atoms with E-state index in [4.69, 9.17) is 10.7 Å². The Labute approximate surface area is 165 Å². The highest BCUT2D eigenvalue weighted by Crippen LogP contribution is 2.22. The zero-order valence-corrected chi connectivity index (χ0v) is 16.1. The van der Waals surface area contributed by atoms with E-state index in [1.807, 2.05) is 74.8 Å². The Hall–Kier alpha value is -3.29. The molecule has 1 atom stereocenters. The molecule has 1 unspecified atom stereocenters. The largest absolute Gasteiger partial charge is 0.340 e. The Bertz CT molecular complexity index is 909. The van der Waals surface area contributed by atoms with Gasteiger partial charge in [-0.25, -0.2) is 15.0 Å². The third-order valence-electron chi connectivity index (χ3n) is 4.05. The smallest absolute Gasteiger partial charge is 0.137 e. The molecule has 0 aliphatic heterocycles. The van der Waals surface area contributed by atoms with Crippen molar-refractivity contribution >= 4 is 23.1 Å². The van der Waals surface area contributed by atoms with Crippen molar-refractivity contribution in [3.8, 4) is 0 Å². The number of para-hydroxylation sites is 1. The van der Waals surface area contributed by atoms with Gasteiger partial charge >= 0.3 is 0 Å². The number of nitrogens with two attached hydrogens (primary N) is 1. The number of aromatic nitrogens is 3. The van der Waals surface area contributed by atoms with Crippen LogP contribution in [0.15, 0.2) is 73.1 Å². The molecule has 0 amide bonds. The molecule has 28 heavy (non-hydrogen) atoms. The minimum Gasteiger partial charge on any atom is -0.340 e. The highest BCUT2D eigenvalue weighted by atomic mass is 15.1. The van der Waals surface area contributed by atoms with Gasteiger partial charge in [0.05, 0.1) is 11.7 Å². The van der Waals surface area contributed by atoms with Gasteiger partial charge in [-0.15, -0.1) is 0 Å². The Morgan fingerprint density at radius 1 is 0.964 bits per heavy atom. The molecule has 0 radical (unpaired) electrons. The monoisotopic (exact) mass is 375 g/mol. The second-order valence-corrected chi connectivity index (χ2v) is 6.42. The predicted octanol–water partition coefficient (Wildman–Crippen LogP) is 3.48. The number of benzene rings is 1. The SMILES string of the molecule is CN(C)C(/C=C/CN)c1cccc(Nc2cc(Nc3ccccc3)ncn2)n1. The van der Waals surface area contributed by atoms with Gasteiger partial charge in [0.25, 0.3) is 0 Å². The second kappa shape index (κ2) is 9.59. The Kier molecular flexibility index (Phi) is 6.67. The molecule has 0 spiro atoms. The number of hydrogen-bond donors (Lipinski definition) is 3. The fraction of sp³-hybridized carbons (Fsp3) is 0.190. The lowest BCUT2D eigenvalue weighted by Gasteiger charge is -2.21. The first-order chi connectivity index (χ1) is 13.7. The van der Waals surface area contributed by atoms with E-state index in [9.17, 15) is 0 Å². The van der Waals surface area contributed by atoms with Gasteiger partial charge in [0.1, 0.15) is 23.8 Å². The minimum atomic E-state index is 0.0472. The number of nitrogens with zero attached hydrogens (tertiary/aromatic N) is 4. The molecular weight excluding hydrogens is 350 g/mol. The van der Waals surface area contributed by atoms with Crippen LogP contribution in [-0.4, -0.2) is 40.5 Å². The Balaban J connectivity index is 1.77. The lowest BCUT2D eigenvalue weighted by atomic mass is 10.1. The topological polar surface area (TPSA) is 92.0 Å². The first-order valence-corrected chi connectivity index (χ1v) is 9.07. The molecule has 7 heteroatoms. The summed E-state index contributed by atoms with van der Waals surface area (Å²) in [7, 11) is 4.03. The summed E-state index contributed by atoms with van der Waals surface area (Å²) in [5, 5.41) is 6.51. The Morgan fingerprint density at radius 3 is 2.43 bits per heavy atom. The molecule has 7 nitrogen and oxygen atoms in total. The maximum Gasteiger partial charge on any atom is 0.137 e. The van der Waals surface area contributed by atoms with Gasteiger partial charge in [-0.2, -0.15) is 0 Å². The van der Waals surface area contributed by atoms with Crippen LogP contribution < -0.4 is 16.4 Å². The lowest BCUT2D eigenvalue weighted by Crippen LogP contribution is -2.19. The quantitative estimate of drug-likeness (QED) is 0.519. The van der Waals surface area contributed by atoms with Crippen LogP contribution in [0.25, 0.3) is 0 Å². The van der Waals surface area contributed by atoms with Crippen LogP contribution >= 0.6 is 0 Å². The van der Waals surface area contributed by atoms with E-state index in [-0.39, 0.29) is 6.04 Å². The van der Waals surface area contributed by atoms with Crippen molar-refractivity contribution in [3.63, 3.8) is 0 Å². The molecule has 2 aromatic heterocycles. The summed E-state index contributed by atoms with van der Waals surface area (Å²) >= 11 is 0. The summed E-state index contributed by atoms with van der Waals surface area (Å²) in [4.78, 5) is 15.4. The van der Waals surface area contributed by atoms with Crippen molar-refractivity contribution < 1.29 is 0 Å². The van der Waals surface area contributed by atoms with Crippen LogP contribution in [0.4, 0.5) is 23.1 Å². The van der Waals surface area contributed by atoms with Crippen LogP contribution in [-0.2, 0) is 0 Å². The summed E-state index contributed by atoms with van der Waals surface area (Å²) in [5.74, 6) is 2.09. The number of hydrogen-bond acceptors (Lipinski definition) is 7. The highest BCUT2D eigenvalue weighted by Gasteiger charge is 2.12. The van der Waals surface area contributed by atoms with Crippen molar-refractivity contribution in [3.05, 3.63) is 78.8 Å². The average Bonchev–Trinajstić information content (AvgIpc) is 2.69. The van der Waals surface area contributed by atoms with Crippen LogP contribution in [0.1, 0.15) is 11.7 Å². The van der Waals surface area contributed by atoms with Gasteiger partial charge in [0, 0.05) is 18.3 Å². The molecule has 2 heterocycles. The second-order valence-electron chi connectivity index (χ2n) is 6.42. The lowest BCUT2D eigenvalue weighted by molar-refractivity contribution is 0.345. The Morgan fingerprint density at radius 2 is 1.71 bits per heavy atom. The van der Waals surface area contributed by atoms with Crippen molar-refractivity contribution in [1.29, 1.82) is 0 Å². The minimum absolute atomic E-state index is 0.0472. The van der Waals surface area contributed by atoms with E-state index in [1.54, 1.807) is 0 Å². The van der Waals surface area contributed by atoms with Crippen molar-refractivity contribution in [2.75, 3.05) is 31.3 Å². The third kappa shape index (κ3) is 5.35. The first kappa shape index (κ1) is 19.5. The molecule has 144 valence electrons. The zero-order chi connectivity index (χ0) is 19.8. The molecule has 0 saturated heterocycles. The van der Waals surface area contributed by atoms with Crippen molar-refractivity contribution in [1.82, 2.24) is 19.9 Å². The third-order valence-corrected chi connectivity index (χ3v) is 4.05. The molecule has 0 bridgehead atoms. The number of anilines is 4. The zero-order valence-electron chi connectivity index (χ0n) is 16.1. The molecule has 3 aromatic rings. The highest BCUT2D eigenvalue weighted by molar-refractivity contribution is 5.61. The van der Waals surface area contributed by atoms with E-state index < -0.39 is 0 Å². The average molecular weight is 375 g/mol.